The molecule has 0 saturated heterocycles. The molecule has 1 aromatic carbocycles. The molecular formula is C14H11Cl2N7O3. The van der Waals surface area contributed by atoms with E-state index in [0.717, 1.165) is 11.8 Å². The van der Waals surface area contributed by atoms with Gasteiger partial charge in [0.25, 0.3) is 5.91 Å². The summed E-state index contributed by atoms with van der Waals surface area (Å²) in [5.74, 6) is -0.778. The van der Waals surface area contributed by atoms with Gasteiger partial charge in [0.15, 0.2) is 0 Å². The summed E-state index contributed by atoms with van der Waals surface area (Å²) in [6.45, 7) is 0.351. The van der Waals surface area contributed by atoms with Crippen molar-refractivity contribution in [2.24, 2.45) is 7.05 Å². The number of aromatic nitrogens is 5. The van der Waals surface area contributed by atoms with Crippen molar-refractivity contribution in [3.05, 3.63) is 62.1 Å². The van der Waals surface area contributed by atoms with Crippen LogP contribution in [-0.2, 0) is 13.6 Å². The third-order valence-corrected chi connectivity index (χ3v) is 4.05. The first-order valence-electron chi connectivity index (χ1n) is 7.16. The summed E-state index contributed by atoms with van der Waals surface area (Å²) in [5, 5.41) is 22.1. The highest BCUT2D eigenvalue weighted by atomic mass is 35.5. The summed E-state index contributed by atoms with van der Waals surface area (Å²) in [6, 6.07) is 5.14. The van der Waals surface area contributed by atoms with Gasteiger partial charge in [-0.15, -0.1) is 5.10 Å². The third-order valence-electron chi connectivity index (χ3n) is 3.31. The van der Waals surface area contributed by atoms with Crippen molar-refractivity contribution in [1.82, 2.24) is 24.5 Å². The lowest BCUT2D eigenvalue weighted by atomic mass is 10.2. The molecule has 0 aliphatic heterocycles. The monoisotopic (exact) mass is 395 g/mol. The topological polar surface area (TPSA) is 121 Å². The zero-order valence-electron chi connectivity index (χ0n) is 13.3. The number of amides is 1. The minimum absolute atomic E-state index is 0.00462. The third kappa shape index (κ3) is 3.81. The Morgan fingerprint density at radius 2 is 2.08 bits per heavy atom. The molecule has 0 unspecified atom stereocenters. The fraction of sp³-hybridized carbons (Fsp3) is 0.143. The van der Waals surface area contributed by atoms with Gasteiger partial charge in [0.1, 0.15) is 12.5 Å². The van der Waals surface area contributed by atoms with E-state index in [-0.39, 0.29) is 11.6 Å². The average molecular weight is 396 g/mol. The summed E-state index contributed by atoms with van der Waals surface area (Å²) < 4.78 is 2.66. The highest BCUT2D eigenvalue weighted by Crippen LogP contribution is 2.23. The van der Waals surface area contributed by atoms with E-state index < -0.39 is 16.5 Å². The van der Waals surface area contributed by atoms with Gasteiger partial charge in [-0.05, 0) is 17.7 Å². The highest BCUT2D eigenvalue weighted by Gasteiger charge is 2.25. The van der Waals surface area contributed by atoms with Gasteiger partial charge in [-0.2, -0.15) is 5.10 Å². The highest BCUT2D eigenvalue weighted by molar-refractivity contribution is 6.42. The lowest BCUT2D eigenvalue weighted by Crippen LogP contribution is -2.16. The number of aryl methyl sites for hydroxylation is 1. The van der Waals surface area contributed by atoms with Gasteiger partial charge in [-0.25, -0.2) is 9.67 Å². The smallest absolute Gasteiger partial charge is 0.287 e. The second-order valence-corrected chi connectivity index (χ2v) is 6.08. The van der Waals surface area contributed by atoms with Crippen LogP contribution < -0.4 is 5.32 Å². The van der Waals surface area contributed by atoms with Gasteiger partial charge in [0.05, 0.1) is 21.5 Å². The Morgan fingerprint density at radius 1 is 1.31 bits per heavy atom. The maximum absolute atomic E-state index is 12.2. The zero-order chi connectivity index (χ0) is 18.8. The average Bonchev–Trinajstić information content (AvgIpc) is 3.17. The molecule has 2 heterocycles. The zero-order valence-corrected chi connectivity index (χ0v) is 14.8. The molecule has 0 spiro atoms. The molecule has 0 fully saturated rings. The lowest BCUT2D eigenvalue weighted by molar-refractivity contribution is -0.385. The van der Waals surface area contributed by atoms with Crippen LogP contribution in [-0.4, -0.2) is 35.4 Å². The first kappa shape index (κ1) is 17.8. The van der Waals surface area contributed by atoms with Crippen LogP contribution in [0.4, 0.5) is 11.6 Å². The minimum Gasteiger partial charge on any atom is -0.287 e. The second kappa shape index (κ2) is 7.10. The number of halogens is 2. The lowest BCUT2D eigenvalue weighted by Gasteiger charge is -2.03. The van der Waals surface area contributed by atoms with Gasteiger partial charge in [-0.1, -0.05) is 29.3 Å². The van der Waals surface area contributed by atoms with Crippen LogP contribution in [0.2, 0.25) is 10.0 Å². The number of anilines is 1. The Balaban J connectivity index is 1.73. The van der Waals surface area contributed by atoms with Crippen molar-refractivity contribution in [3.8, 4) is 0 Å². The van der Waals surface area contributed by atoms with Crippen LogP contribution in [0.5, 0.6) is 0 Å². The fourth-order valence-corrected chi connectivity index (χ4v) is 2.51. The van der Waals surface area contributed by atoms with Gasteiger partial charge < -0.3 is 0 Å². The Morgan fingerprint density at radius 3 is 2.77 bits per heavy atom. The van der Waals surface area contributed by atoms with E-state index in [1.54, 1.807) is 18.2 Å². The van der Waals surface area contributed by atoms with Crippen LogP contribution in [0.1, 0.15) is 16.1 Å². The predicted molar refractivity (Wildman–Crippen MR) is 93.4 cm³/mol. The van der Waals surface area contributed by atoms with Crippen LogP contribution in [0.25, 0.3) is 0 Å². The van der Waals surface area contributed by atoms with E-state index in [1.165, 1.54) is 22.7 Å². The molecule has 12 heteroatoms. The number of nitro groups is 1. The van der Waals surface area contributed by atoms with E-state index in [1.807, 2.05) is 0 Å². The number of nitrogens with zero attached hydrogens (tertiary/aromatic N) is 6. The molecule has 10 nitrogen and oxygen atoms in total. The number of benzene rings is 1. The molecule has 2 aromatic heterocycles. The van der Waals surface area contributed by atoms with Crippen LogP contribution in [0, 0.1) is 10.1 Å². The number of hydrogen-bond acceptors (Lipinski definition) is 6. The van der Waals surface area contributed by atoms with E-state index in [2.05, 4.69) is 20.5 Å². The molecule has 0 saturated carbocycles. The summed E-state index contributed by atoms with van der Waals surface area (Å²) in [6.07, 6.45) is 2.55. The second-order valence-electron chi connectivity index (χ2n) is 5.26. The molecule has 0 atom stereocenters. The van der Waals surface area contributed by atoms with E-state index in [4.69, 9.17) is 23.2 Å². The molecule has 0 bridgehead atoms. The number of carbonyl (C=O) groups excluding carboxylic acids is 1. The van der Waals surface area contributed by atoms with Gasteiger partial charge >= 0.3 is 5.69 Å². The molecule has 3 aromatic rings. The molecule has 134 valence electrons. The molecule has 3 rings (SSSR count). The largest absolute Gasteiger partial charge is 0.320 e. The number of nitrogens with one attached hydrogen (secondary N) is 1. The summed E-state index contributed by atoms with van der Waals surface area (Å²) in [4.78, 5) is 26.4. The minimum atomic E-state index is -0.774. The molecular weight excluding hydrogens is 385 g/mol. The standard InChI is InChI=1S/C14H11Cl2N7O3/c1-21-6-11(23(25)26)12(19-21)13(24)18-14-17-7-22(20-14)5-8-2-3-9(15)10(16)4-8/h2-4,6-7H,5H2,1H3,(H,18,20,24). The first-order chi connectivity index (χ1) is 12.3. The van der Waals surface area contributed by atoms with Crippen molar-refractivity contribution in [2.45, 2.75) is 6.54 Å². The van der Waals surface area contributed by atoms with Gasteiger partial charge in [-0.3, -0.25) is 24.9 Å². The normalized spacial score (nSPS) is 10.7. The predicted octanol–water partition coefficient (Wildman–Crippen LogP) is 2.53. The van der Waals surface area contributed by atoms with Crippen molar-refractivity contribution < 1.29 is 9.72 Å². The maximum atomic E-state index is 12.2. The van der Waals surface area contributed by atoms with E-state index >= 15 is 0 Å². The van der Waals surface area contributed by atoms with Crippen LogP contribution in [0.3, 0.4) is 0 Å². The van der Waals surface area contributed by atoms with Crippen molar-refractivity contribution in [2.75, 3.05) is 5.32 Å². The van der Waals surface area contributed by atoms with Crippen molar-refractivity contribution >= 4 is 40.7 Å². The number of hydrogen-bond donors (Lipinski definition) is 1. The quantitative estimate of drug-likeness (QED) is 0.523. The number of rotatable bonds is 5. The Labute approximate surface area is 156 Å². The van der Waals surface area contributed by atoms with Crippen LogP contribution in [0.15, 0.2) is 30.7 Å². The molecule has 1 N–H and O–H groups in total. The fourth-order valence-electron chi connectivity index (χ4n) is 2.19. The van der Waals surface area contributed by atoms with E-state index in [0.29, 0.717) is 16.6 Å². The summed E-state index contributed by atoms with van der Waals surface area (Å²) in [5.41, 5.74) is 0.112. The molecule has 1 amide bonds. The van der Waals surface area contributed by atoms with Crippen molar-refractivity contribution in [1.29, 1.82) is 0 Å². The Bertz CT molecular complexity index is 998. The van der Waals surface area contributed by atoms with Gasteiger partial charge in [0.2, 0.25) is 11.6 Å². The van der Waals surface area contributed by atoms with E-state index in [9.17, 15) is 14.9 Å². The molecule has 0 aliphatic carbocycles. The molecule has 0 radical (unpaired) electrons. The van der Waals surface area contributed by atoms with Crippen LogP contribution >= 0.6 is 23.2 Å². The Hall–Kier alpha value is -2.98. The number of carbonyl (C=O) groups is 1. The molecule has 26 heavy (non-hydrogen) atoms. The Kier molecular flexibility index (Phi) is 4.87. The summed E-state index contributed by atoms with van der Waals surface area (Å²) >= 11 is 11.8. The van der Waals surface area contributed by atoms with Crippen molar-refractivity contribution in [3.63, 3.8) is 0 Å². The first-order valence-corrected chi connectivity index (χ1v) is 7.92. The van der Waals surface area contributed by atoms with Gasteiger partial charge in [0, 0.05) is 7.05 Å². The SMILES string of the molecule is Cn1cc([N+](=O)[O-])c(C(=O)Nc2ncn(Cc3ccc(Cl)c(Cl)c3)n2)n1. The molecule has 0 aliphatic rings. The maximum Gasteiger partial charge on any atom is 0.320 e. The summed E-state index contributed by atoms with van der Waals surface area (Å²) in [7, 11) is 1.48.